The number of fused-ring (bicyclic) bond motifs is 2. The zero-order valence-corrected chi connectivity index (χ0v) is 16.7. The number of hydrogen-bond acceptors (Lipinski definition) is 1. The number of unbranched alkanes of at least 4 members (excludes halogenated alkanes) is 1. The van der Waals surface area contributed by atoms with Crippen molar-refractivity contribution >= 4 is 8.07 Å². The van der Waals surface area contributed by atoms with Crippen LogP contribution in [0.4, 0.5) is 0 Å². The van der Waals surface area contributed by atoms with E-state index in [1.54, 1.807) is 0 Å². The van der Waals surface area contributed by atoms with Gasteiger partial charge in [0.1, 0.15) is 13.7 Å². The van der Waals surface area contributed by atoms with Crippen molar-refractivity contribution in [2.45, 2.75) is 76.6 Å². The van der Waals surface area contributed by atoms with E-state index in [1.165, 1.54) is 30.4 Å². The Kier molecular flexibility index (Phi) is 4.96. The van der Waals surface area contributed by atoms with Gasteiger partial charge in [-0.3, -0.25) is 0 Å². The summed E-state index contributed by atoms with van der Waals surface area (Å²) in [4.78, 5) is 0. The lowest BCUT2D eigenvalue weighted by atomic mass is 9.76. The summed E-state index contributed by atoms with van der Waals surface area (Å²) in [6, 6.07) is 9.30. The second-order valence-corrected chi connectivity index (χ2v) is 13.8. The smallest absolute Gasteiger partial charge is 0.129 e. The number of benzene rings is 1. The van der Waals surface area contributed by atoms with E-state index in [-0.39, 0.29) is 0 Å². The van der Waals surface area contributed by atoms with E-state index in [0.717, 1.165) is 19.3 Å². The molecule has 2 aliphatic carbocycles. The highest BCUT2D eigenvalue weighted by atomic mass is 28.3. The standard InChI is InChI=1S/C22H32OSi/c1-5-6-7-17-8-10-18(11-9-17)21-15-20-14-19(21)16-22(20,23)12-13-24(2,3)4/h8-11,19-21,23H,5-7,14-16H2,1-4H3. The third-order valence-corrected chi connectivity index (χ3v) is 6.70. The van der Waals surface area contributed by atoms with Crippen LogP contribution in [0.5, 0.6) is 0 Å². The minimum atomic E-state index is -1.42. The van der Waals surface area contributed by atoms with Gasteiger partial charge in [-0.25, -0.2) is 0 Å². The van der Waals surface area contributed by atoms with Crippen molar-refractivity contribution in [1.29, 1.82) is 0 Å². The van der Waals surface area contributed by atoms with Crippen LogP contribution in [0.2, 0.25) is 19.6 Å². The largest absolute Gasteiger partial charge is 0.377 e. The molecule has 0 heterocycles. The summed E-state index contributed by atoms with van der Waals surface area (Å²) in [7, 11) is -1.42. The Labute approximate surface area is 148 Å². The molecule has 0 saturated heterocycles. The third-order valence-electron chi connectivity index (χ3n) is 5.82. The second kappa shape index (κ2) is 6.69. The fourth-order valence-electron chi connectivity index (χ4n) is 4.48. The summed E-state index contributed by atoms with van der Waals surface area (Å²) in [5, 5.41) is 11.0. The highest BCUT2D eigenvalue weighted by Crippen LogP contribution is 2.57. The average molecular weight is 341 g/mol. The highest BCUT2D eigenvalue weighted by Gasteiger charge is 2.53. The molecular formula is C22H32OSi. The van der Waals surface area contributed by atoms with Gasteiger partial charge in [-0.05, 0) is 61.0 Å². The summed E-state index contributed by atoms with van der Waals surface area (Å²) < 4.78 is 0. The normalized spacial score (nSPS) is 31.8. The quantitative estimate of drug-likeness (QED) is 0.593. The average Bonchev–Trinajstić information content (AvgIpc) is 3.09. The maximum absolute atomic E-state index is 11.0. The van der Waals surface area contributed by atoms with Gasteiger partial charge in [-0.15, -0.1) is 5.54 Å². The molecule has 1 nitrogen and oxygen atoms in total. The first-order chi connectivity index (χ1) is 11.3. The molecule has 0 amide bonds. The summed E-state index contributed by atoms with van der Waals surface area (Å²) in [5.41, 5.74) is 5.64. The molecular weight excluding hydrogens is 308 g/mol. The van der Waals surface area contributed by atoms with Gasteiger partial charge in [0.2, 0.25) is 0 Å². The lowest BCUT2D eigenvalue weighted by molar-refractivity contribution is 0.0388. The fourth-order valence-corrected chi connectivity index (χ4v) is 5.07. The fraction of sp³-hybridized carbons (Fsp3) is 0.636. The van der Waals surface area contributed by atoms with Gasteiger partial charge in [0.15, 0.2) is 0 Å². The Hall–Kier alpha value is -1.04. The van der Waals surface area contributed by atoms with Gasteiger partial charge in [0, 0.05) is 0 Å². The molecule has 1 N–H and O–H groups in total. The SMILES string of the molecule is CCCCc1ccc(C2CC3CC2CC3(O)C#C[Si](C)(C)C)cc1. The van der Waals surface area contributed by atoms with Crippen molar-refractivity contribution in [1.82, 2.24) is 0 Å². The maximum Gasteiger partial charge on any atom is 0.129 e. The van der Waals surface area contributed by atoms with Gasteiger partial charge in [0.05, 0.1) is 0 Å². The molecule has 2 bridgehead atoms. The predicted octanol–water partition coefficient (Wildman–Crippen LogP) is 5.15. The minimum absolute atomic E-state index is 0.371. The number of aliphatic hydroxyl groups is 1. The van der Waals surface area contributed by atoms with E-state index >= 15 is 0 Å². The molecule has 3 rings (SSSR count). The molecule has 1 aromatic carbocycles. The lowest BCUT2D eigenvalue weighted by Gasteiger charge is -2.32. The van der Waals surface area contributed by atoms with Crippen LogP contribution in [-0.4, -0.2) is 18.8 Å². The van der Waals surface area contributed by atoms with Gasteiger partial charge in [-0.1, -0.05) is 63.2 Å². The van der Waals surface area contributed by atoms with Crippen molar-refractivity contribution < 1.29 is 5.11 Å². The molecule has 4 atom stereocenters. The van der Waals surface area contributed by atoms with Crippen molar-refractivity contribution in [3.63, 3.8) is 0 Å². The topological polar surface area (TPSA) is 20.2 Å². The summed E-state index contributed by atoms with van der Waals surface area (Å²) in [6.45, 7) is 8.99. The first-order valence-electron chi connectivity index (χ1n) is 9.66. The summed E-state index contributed by atoms with van der Waals surface area (Å²) in [6.07, 6.45) is 6.85. The van der Waals surface area contributed by atoms with Crippen LogP contribution in [0.15, 0.2) is 24.3 Å². The van der Waals surface area contributed by atoms with Crippen LogP contribution < -0.4 is 0 Å². The molecule has 1 aromatic rings. The minimum Gasteiger partial charge on any atom is -0.377 e. The highest BCUT2D eigenvalue weighted by molar-refractivity contribution is 6.83. The van der Waals surface area contributed by atoms with Crippen LogP contribution >= 0.6 is 0 Å². The molecule has 2 heteroatoms. The zero-order chi connectivity index (χ0) is 17.4. The van der Waals surface area contributed by atoms with Crippen LogP contribution in [-0.2, 0) is 6.42 Å². The van der Waals surface area contributed by atoms with E-state index < -0.39 is 13.7 Å². The zero-order valence-electron chi connectivity index (χ0n) is 15.7. The van der Waals surface area contributed by atoms with Crippen LogP contribution in [0.25, 0.3) is 0 Å². The first-order valence-corrected chi connectivity index (χ1v) is 13.2. The van der Waals surface area contributed by atoms with E-state index in [1.807, 2.05) is 0 Å². The monoisotopic (exact) mass is 340 g/mol. The number of rotatable bonds is 4. The third kappa shape index (κ3) is 3.79. The maximum atomic E-state index is 11.0. The van der Waals surface area contributed by atoms with Gasteiger partial charge < -0.3 is 5.11 Å². The van der Waals surface area contributed by atoms with Crippen LogP contribution in [0, 0.1) is 23.3 Å². The second-order valence-electron chi connectivity index (χ2n) is 9.01. The Morgan fingerprint density at radius 3 is 2.42 bits per heavy atom. The Morgan fingerprint density at radius 1 is 1.17 bits per heavy atom. The van der Waals surface area contributed by atoms with E-state index in [2.05, 4.69) is 62.3 Å². The molecule has 0 aliphatic heterocycles. The molecule has 2 aliphatic rings. The van der Waals surface area contributed by atoms with Gasteiger partial charge in [-0.2, -0.15) is 0 Å². The molecule has 24 heavy (non-hydrogen) atoms. The molecule has 4 unspecified atom stereocenters. The first kappa shape index (κ1) is 17.8. The molecule has 0 aromatic heterocycles. The predicted molar refractivity (Wildman–Crippen MR) is 105 cm³/mol. The van der Waals surface area contributed by atoms with Gasteiger partial charge >= 0.3 is 0 Å². The van der Waals surface area contributed by atoms with E-state index in [0.29, 0.717) is 17.8 Å². The number of hydrogen-bond donors (Lipinski definition) is 1. The Bertz CT molecular complexity index is 631. The Morgan fingerprint density at radius 2 is 1.88 bits per heavy atom. The van der Waals surface area contributed by atoms with E-state index in [9.17, 15) is 5.11 Å². The van der Waals surface area contributed by atoms with Crippen LogP contribution in [0.1, 0.15) is 56.1 Å². The molecule has 2 saturated carbocycles. The van der Waals surface area contributed by atoms with Crippen LogP contribution in [0.3, 0.4) is 0 Å². The number of aryl methyl sites for hydroxylation is 1. The molecule has 2 fully saturated rings. The summed E-state index contributed by atoms with van der Waals surface area (Å²) >= 11 is 0. The van der Waals surface area contributed by atoms with Crippen molar-refractivity contribution in [3.05, 3.63) is 35.4 Å². The molecule has 0 spiro atoms. The Balaban J connectivity index is 1.67. The molecule has 130 valence electrons. The lowest BCUT2D eigenvalue weighted by Crippen LogP contribution is -2.36. The summed E-state index contributed by atoms with van der Waals surface area (Å²) in [5.74, 6) is 4.91. The van der Waals surface area contributed by atoms with E-state index in [4.69, 9.17) is 0 Å². The van der Waals surface area contributed by atoms with Gasteiger partial charge in [0.25, 0.3) is 0 Å². The van der Waals surface area contributed by atoms with Crippen molar-refractivity contribution in [2.24, 2.45) is 11.8 Å². The van der Waals surface area contributed by atoms with Crippen molar-refractivity contribution in [3.8, 4) is 11.5 Å². The molecule has 0 radical (unpaired) electrons. The van der Waals surface area contributed by atoms with Crippen molar-refractivity contribution in [2.75, 3.05) is 0 Å².